The maximum Gasteiger partial charge on any atom is 0.254 e. The standard InChI is InChI=1S/C10H12ClFN2O/c1-2-7(11)5-14-10(15)8-3-4-13-6-9(8)12/h3-4,6-7H,2,5H2,1H3,(H,14,15). The van der Waals surface area contributed by atoms with E-state index in [0.29, 0.717) is 6.54 Å². The fourth-order valence-corrected chi connectivity index (χ4v) is 1.08. The highest BCUT2D eigenvalue weighted by Gasteiger charge is 2.11. The van der Waals surface area contributed by atoms with Crippen molar-refractivity contribution in [3.05, 3.63) is 29.8 Å². The van der Waals surface area contributed by atoms with Gasteiger partial charge in [0.05, 0.1) is 17.1 Å². The number of nitrogens with zero attached hydrogens (tertiary/aromatic N) is 1. The second kappa shape index (κ2) is 5.66. The minimum atomic E-state index is -0.627. The molecule has 1 aromatic heterocycles. The van der Waals surface area contributed by atoms with Crippen molar-refractivity contribution < 1.29 is 9.18 Å². The summed E-state index contributed by atoms with van der Waals surface area (Å²) >= 11 is 5.82. The van der Waals surface area contributed by atoms with Crippen molar-refractivity contribution in [3.63, 3.8) is 0 Å². The number of pyridine rings is 1. The summed E-state index contributed by atoms with van der Waals surface area (Å²) in [6.45, 7) is 2.25. The molecule has 0 bridgehead atoms. The Labute approximate surface area is 92.7 Å². The highest BCUT2D eigenvalue weighted by atomic mass is 35.5. The Morgan fingerprint density at radius 1 is 1.73 bits per heavy atom. The van der Waals surface area contributed by atoms with Crippen molar-refractivity contribution in [2.45, 2.75) is 18.7 Å². The summed E-state index contributed by atoms with van der Waals surface area (Å²) in [5, 5.41) is 2.43. The number of aromatic nitrogens is 1. The predicted molar refractivity (Wildman–Crippen MR) is 56.5 cm³/mol. The van der Waals surface area contributed by atoms with Crippen LogP contribution in [0.1, 0.15) is 23.7 Å². The molecule has 1 atom stereocenters. The Morgan fingerprint density at radius 3 is 3.07 bits per heavy atom. The molecule has 3 nitrogen and oxygen atoms in total. The van der Waals surface area contributed by atoms with E-state index in [2.05, 4.69) is 10.3 Å². The van der Waals surface area contributed by atoms with E-state index in [1.54, 1.807) is 0 Å². The molecule has 1 aromatic rings. The number of hydrogen-bond donors (Lipinski definition) is 1. The molecule has 5 heteroatoms. The van der Waals surface area contributed by atoms with Gasteiger partial charge in [0.2, 0.25) is 0 Å². The molecule has 82 valence electrons. The molecule has 0 spiro atoms. The lowest BCUT2D eigenvalue weighted by atomic mass is 10.2. The molecule has 0 aliphatic heterocycles. The topological polar surface area (TPSA) is 42.0 Å². The van der Waals surface area contributed by atoms with Crippen molar-refractivity contribution in [2.24, 2.45) is 0 Å². The van der Waals surface area contributed by atoms with Gasteiger partial charge in [0.25, 0.3) is 5.91 Å². The molecule has 0 saturated carbocycles. The Hall–Kier alpha value is -1.16. The fourth-order valence-electron chi connectivity index (χ4n) is 1.00. The van der Waals surface area contributed by atoms with E-state index in [1.807, 2.05) is 6.92 Å². The molecular formula is C10H12ClFN2O. The Kier molecular flexibility index (Phi) is 4.49. The summed E-state index contributed by atoms with van der Waals surface area (Å²) in [7, 11) is 0. The minimum Gasteiger partial charge on any atom is -0.350 e. The number of nitrogens with one attached hydrogen (secondary N) is 1. The molecular weight excluding hydrogens is 219 g/mol. The molecule has 0 saturated heterocycles. The van der Waals surface area contributed by atoms with Crippen LogP contribution in [0.15, 0.2) is 18.5 Å². The van der Waals surface area contributed by atoms with Crippen LogP contribution >= 0.6 is 11.6 Å². The smallest absolute Gasteiger partial charge is 0.254 e. The van der Waals surface area contributed by atoms with Crippen molar-refractivity contribution in [1.29, 1.82) is 0 Å². The third kappa shape index (κ3) is 3.47. The molecule has 1 heterocycles. The van der Waals surface area contributed by atoms with Crippen molar-refractivity contribution in [3.8, 4) is 0 Å². The number of rotatable bonds is 4. The van der Waals surface area contributed by atoms with Gasteiger partial charge in [-0.25, -0.2) is 4.39 Å². The SMILES string of the molecule is CCC(Cl)CNC(=O)c1ccncc1F. The van der Waals surface area contributed by atoms with Gasteiger partial charge in [0.15, 0.2) is 5.82 Å². The van der Waals surface area contributed by atoms with Gasteiger partial charge in [0, 0.05) is 12.7 Å². The molecule has 1 N–H and O–H groups in total. The number of alkyl halides is 1. The highest BCUT2D eigenvalue weighted by molar-refractivity contribution is 6.20. The van der Waals surface area contributed by atoms with Gasteiger partial charge in [-0.05, 0) is 12.5 Å². The van der Waals surface area contributed by atoms with E-state index in [0.717, 1.165) is 12.6 Å². The van der Waals surface area contributed by atoms with Gasteiger partial charge < -0.3 is 5.32 Å². The molecule has 0 aliphatic rings. The zero-order valence-corrected chi connectivity index (χ0v) is 9.09. The zero-order chi connectivity index (χ0) is 11.3. The molecule has 1 amide bonds. The van der Waals surface area contributed by atoms with Gasteiger partial charge in [-0.3, -0.25) is 9.78 Å². The van der Waals surface area contributed by atoms with E-state index >= 15 is 0 Å². The van der Waals surface area contributed by atoms with Crippen LogP contribution in [0.5, 0.6) is 0 Å². The predicted octanol–water partition coefficient (Wildman–Crippen LogP) is 1.97. The summed E-state index contributed by atoms with van der Waals surface area (Å²) in [6, 6.07) is 1.33. The summed E-state index contributed by atoms with van der Waals surface area (Å²) in [5.41, 5.74) is -0.00929. The van der Waals surface area contributed by atoms with E-state index in [9.17, 15) is 9.18 Å². The second-order valence-electron chi connectivity index (χ2n) is 3.07. The van der Waals surface area contributed by atoms with Crippen LogP contribution in [0.25, 0.3) is 0 Å². The average molecular weight is 231 g/mol. The lowest BCUT2D eigenvalue weighted by Crippen LogP contribution is -2.30. The van der Waals surface area contributed by atoms with E-state index in [1.165, 1.54) is 12.3 Å². The third-order valence-corrected chi connectivity index (χ3v) is 2.41. The minimum absolute atomic E-state index is 0.00929. The molecule has 0 aliphatic carbocycles. The van der Waals surface area contributed by atoms with Gasteiger partial charge in [-0.1, -0.05) is 6.92 Å². The van der Waals surface area contributed by atoms with Crippen LogP contribution in [0.3, 0.4) is 0 Å². The first-order valence-corrected chi connectivity index (χ1v) is 5.10. The van der Waals surface area contributed by atoms with Crippen molar-refractivity contribution >= 4 is 17.5 Å². The summed E-state index contributed by atoms with van der Waals surface area (Å²) in [4.78, 5) is 15.0. The number of carbonyl (C=O) groups is 1. The molecule has 0 aromatic carbocycles. The Bertz CT molecular complexity index is 346. The normalized spacial score (nSPS) is 12.2. The lowest BCUT2D eigenvalue weighted by Gasteiger charge is -2.08. The summed E-state index contributed by atoms with van der Waals surface area (Å²) < 4.78 is 13.1. The van der Waals surface area contributed by atoms with E-state index in [4.69, 9.17) is 11.6 Å². The van der Waals surface area contributed by atoms with Gasteiger partial charge in [-0.2, -0.15) is 0 Å². The van der Waals surface area contributed by atoms with Crippen LogP contribution in [-0.2, 0) is 0 Å². The molecule has 1 unspecified atom stereocenters. The Balaban J connectivity index is 2.58. The molecule has 0 radical (unpaired) electrons. The average Bonchev–Trinajstić information content (AvgIpc) is 2.26. The van der Waals surface area contributed by atoms with Crippen LogP contribution in [-0.4, -0.2) is 22.8 Å². The first-order valence-electron chi connectivity index (χ1n) is 4.67. The number of carbonyl (C=O) groups excluding carboxylic acids is 1. The monoisotopic (exact) mass is 230 g/mol. The van der Waals surface area contributed by atoms with Gasteiger partial charge in [-0.15, -0.1) is 11.6 Å². The van der Waals surface area contributed by atoms with Crippen molar-refractivity contribution in [2.75, 3.05) is 6.54 Å². The third-order valence-electron chi connectivity index (χ3n) is 1.94. The highest BCUT2D eigenvalue weighted by Crippen LogP contribution is 2.05. The molecule has 15 heavy (non-hydrogen) atoms. The first kappa shape index (κ1) is 11.9. The molecule has 1 rings (SSSR count). The van der Waals surface area contributed by atoms with Crippen LogP contribution < -0.4 is 5.32 Å². The maximum absolute atomic E-state index is 13.1. The van der Waals surface area contributed by atoms with Crippen LogP contribution in [0.4, 0.5) is 4.39 Å². The quantitative estimate of drug-likeness (QED) is 0.804. The Morgan fingerprint density at radius 2 is 2.47 bits per heavy atom. The summed E-state index contributed by atoms with van der Waals surface area (Å²) in [5.74, 6) is -1.09. The van der Waals surface area contributed by atoms with Gasteiger partial charge in [0.1, 0.15) is 0 Å². The lowest BCUT2D eigenvalue weighted by molar-refractivity contribution is 0.0949. The fraction of sp³-hybridized carbons (Fsp3) is 0.400. The number of amides is 1. The number of hydrogen-bond acceptors (Lipinski definition) is 2. The second-order valence-corrected chi connectivity index (χ2v) is 3.69. The van der Waals surface area contributed by atoms with Crippen LogP contribution in [0, 0.1) is 5.82 Å². The maximum atomic E-state index is 13.1. The van der Waals surface area contributed by atoms with E-state index < -0.39 is 11.7 Å². The first-order chi connectivity index (χ1) is 7.15. The number of halogens is 2. The summed E-state index contributed by atoms with van der Waals surface area (Å²) in [6.07, 6.45) is 3.13. The van der Waals surface area contributed by atoms with E-state index in [-0.39, 0.29) is 10.9 Å². The van der Waals surface area contributed by atoms with Gasteiger partial charge >= 0.3 is 0 Å². The van der Waals surface area contributed by atoms with Crippen LogP contribution in [0.2, 0.25) is 0 Å². The zero-order valence-electron chi connectivity index (χ0n) is 8.34. The molecule has 0 fully saturated rings. The van der Waals surface area contributed by atoms with Crippen molar-refractivity contribution in [1.82, 2.24) is 10.3 Å². The largest absolute Gasteiger partial charge is 0.350 e.